The van der Waals surface area contributed by atoms with Crippen LogP contribution in [0, 0.1) is 0 Å². The van der Waals surface area contributed by atoms with Gasteiger partial charge in [-0.1, -0.05) is 0 Å². The summed E-state index contributed by atoms with van der Waals surface area (Å²) in [7, 11) is 1.74. The Labute approximate surface area is 105 Å². The first-order valence-electron chi connectivity index (χ1n) is 5.51. The van der Waals surface area contributed by atoms with Crippen molar-refractivity contribution in [1.82, 2.24) is 9.88 Å². The van der Waals surface area contributed by atoms with Gasteiger partial charge in [0.05, 0.1) is 0 Å². The van der Waals surface area contributed by atoms with Crippen LogP contribution < -0.4 is 5.43 Å². The molecule has 1 aromatic rings. The maximum atomic E-state index is 12.1. The van der Waals surface area contributed by atoms with E-state index in [1.165, 1.54) is 18.5 Å². The average molecular weight is 254 g/mol. The van der Waals surface area contributed by atoms with Gasteiger partial charge in [-0.25, -0.2) is 0 Å². The smallest absolute Gasteiger partial charge is 0.259 e. The predicted molar refractivity (Wildman–Crippen MR) is 71.6 cm³/mol. The van der Waals surface area contributed by atoms with Crippen LogP contribution in [0.2, 0.25) is 0 Å². The van der Waals surface area contributed by atoms with Crippen molar-refractivity contribution in [2.45, 2.75) is 19.4 Å². The summed E-state index contributed by atoms with van der Waals surface area (Å²) in [5, 5.41) is 0. The normalized spacial score (nSPS) is 12.2. The predicted octanol–water partition coefficient (Wildman–Crippen LogP) is 1.59. The van der Waals surface area contributed by atoms with Crippen LogP contribution in [0.3, 0.4) is 0 Å². The lowest BCUT2D eigenvalue weighted by atomic mass is 10.2. The van der Waals surface area contributed by atoms with Crippen molar-refractivity contribution in [3.05, 3.63) is 34.2 Å². The van der Waals surface area contributed by atoms with Gasteiger partial charge in [-0.3, -0.25) is 9.59 Å². The molecule has 4 nitrogen and oxygen atoms in total. The lowest BCUT2D eigenvalue weighted by Crippen LogP contribution is -2.37. The topological polar surface area (TPSA) is 53.2 Å². The molecular formula is C12H18N2O2S. The summed E-state index contributed by atoms with van der Waals surface area (Å²) in [6.07, 6.45) is 5.95. The second-order valence-corrected chi connectivity index (χ2v) is 4.95. The standard InChI is InChI=1S/C12H18N2O2S/c1-9(5-7-17-3)14(2)12(16)10-8-13-6-4-11(10)15/h4,6,8-9H,5,7H2,1-3H3,(H,13,15). The van der Waals surface area contributed by atoms with E-state index in [-0.39, 0.29) is 22.9 Å². The molecule has 0 saturated heterocycles. The highest BCUT2D eigenvalue weighted by Gasteiger charge is 2.19. The van der Waals surface area contributed by atoms with Crippen LogP contribution in [-0.2, 0) is 0 Å². The van der Waals surface area contributed by atoms with E-state index in [0.29, 0.717) is 0 Å². The van der Waals surface area contributed by atoms with Crippen molar-refractivity contribution in [3.8, 4) is 0 Å². The third kappa shape index (κ3) is 3.63. The third-order valence-electron chi connectivity index (χ3n) is 2.78. The monoisotopic (exact) mass is 254 g/mol. The Morgan fingerprint density at radius 2 is 2.29 bits per heavy atom. The average Bonchev–Trinajstić information content (AvgIpc) is 2.34. The van der Waals surface area contributed by atoms with Crippen molar-refractivity contribution in [1.29, 1.82) is 0 Å². The Kier molecular flexibility index (Phi) is 5.28. The van der Waals surface area contributed by atoms with Gasteiger partial charge in [0, 0.05) is 31.5 Å². The van der Waals surface area contributed by atoms with Crippen molar-refractivity contribution in [2.75, 3.05) is 19.1 Å². The van der Waals surface area contributed by atoms with Gasteiger partial charge in [-0.15, -0.1) is 0 Å². The van der Waals surface area contributed by atoms with E-state index >= 15 is 0 Å². The molecule has 0 saturated carbocycles. The fourth-order valence-electron chi connectivity index (χ4n) is 1.46. The zero-order chi connectivity index (χ0) is 12.8. The summed E-state index contributed by atoms with van der Waals surface area (Å²) in [4.78, 5) is 28.0. The molecule has 0 aromatic carbocycles. The van der Waals surface area contributed by atoms with Crippen molar-refractivity contribution < 1.29 is 4.79 Å². The first kappa shape index (κ1) is 13.8. The Hall–Kier alpha value is -1.23. The highest BCUT2D eigenvalue weighted by Crippen LogP contribution is 2.08. The summed E-state index contributed by atoms with van der Waals surface area (Å²) in [5.41, 5.74) is -0.0383. The number of hydrogen-bond acceptors (Lipinski definition) is 3. The Bertz CT molecular complexity index is 431. The molecule has 17 heavy (non-hydrogen) atoms. The number of thioether (sulfide) groups is 1. The van der Waals surface area contributed by atoms with Crippen LogP contribution in [0.1, 0.15) is 23.7 Å². The Morgan fingerprint density at radius 3 is 2.88 bits per heavy atom. The zero-order valence-electron chi connectivity index (χ0n) is 10.4. The molecule has 0 radical (unpaired) electrons. The van der Waals surface area contributed by atoms with E-state index in [4.69, 9.17) is 0 Å². The first-order chi connectivity index (χ1) is 8.07. The third-order valence-corrected chi connectivity index (χ3v) is 3.42. The van der Waals surface area contributed by atoms with Crippen LogP contribution in [-0.4, -0.2) is 40.9 Å². The minimum absolute atomic E-state index is 0.134. The summed E-state index contributed by atoms with van der Waals surface area (Å²) in [5.74, 6) is 0.782. The van der Waals surface area contributed by atoms with Crippen LogP contribution >= 0.6 is 11.8 Å². The van der Waals surface area contributed by atoms with E-state index in [2.05, 4.69) is 4.98 Å². The molecule has 5 heteroatoms. The molecule has 0 aliphatic heterocycles. The molecule has 94 valence electrons. The minimum atomic E-state index is -0.238. The van der Waals surface area contributed by atoms with Crippen LogP contribution in [0.5, 0.6) is 0 Å². The van der Waals surface area contributed by atoms with E-state index in [9.17, 15) is 9.59 Å². The van der Waals surface area contributed by atoms with Crippen LogP contribution in [0.15, 0.2) is 23.3 Å². The second-order valence-electron chi connectivity index (χ2n) is 3.97. The highest BCUT2D eigenvalue weighted by molar-refractivity contribution is 7.98. The molecule has 1 unspecified atom stereocenters. The molecule has 1 heterocycles. The lowest BCUT2D eigenvalue weighted by Gasteiger charge is -2.24. The number of H-pyrrole nitrogens is 1. The number of pyridine rings is 1. The molecule has 1 aromatic heterocycles. The number of aromatic amines is 1. The van der Waals surface area contributed by atoms with Gasteiger partial charge in [0.15, 0.2) is 5.43 Å². The number of hydrogen-bond donors (Lipinski definition) is 1. The van der Waals surface area contributed by atoms with E-state index in [1.54, 1.807) is 23.7 Å². The Morgan fingerprint density at radius 1 is 1.59 bits per heavy atom. The molecule has 0 fully saturated rings. The number of nitrogens with zero attached hydrogens (tertiary/aromatic N) is 1. The Balaban J connectivity index is 2.76. The fourth-order valence-corrected chi connectivity index (χ4v) is 2.03. The molecule has 1 atom stereocenters. The number of amides is 1. The summed E-state index contributed by atoms with van der Waals surface area (Å²) in [6.45, 7) is 1.99. The second kappa shape index (κ2) is 6.49. The van der Waals surface area contributed by atoms with E-state index in [1.807, 2.05) is 13.2 Å². The van der Waals surface area contributed by atoms with Crippen LogP contribution in [0.25, 0.3) is 0 Å². The van der Waals surface area contributed by atoms with Gasteiger partial charge < -0.3 is 9.88 Å². The largest absolute Gasteiger partial charge is 0.367 e. The fraction of sp³-hybridized carbons (Fsp3) is 0.500. The van der Waals surface area contributed by atoms with Gasteiger partial charge in [0.2, 0.25) is 0 Å². The number of rotatable bonds is 5. The maximum Gasteiger partial charge on any atom is 0.259 e. The number of carbonyl (C=O) groups excluding carboxylic acids is 1. The minimum Gasteiger partial charge on any atom is -0.367 e. The first-order valence-corrected chi connectivity index (χ1v) is 6.90. The molecule has 0 spiro atoms. The summed E-state index contributed by atoms with van der Waals surface area (Å²) >= 11 is 1.75. The van der Waals surface area contributed by atoms with E-state index in [0.717, 1.165) is 12.2 Å². The molecule has 0 aliphatic rings. The molecule has 1 amide bonds. The van der Waals surface area contributed by atoms with Crippen LogP contribution in [0.4, 0.5) is 0 Å². The van der Waals surface area contributed by atoms with Gasteiger partial charge in [0.1, 0.15) is 5.56 Å². The maximum absolute atomic E-state index is 12.1. The van der Waals surface area contributed by atoms with Gasteiger partial charge in [-0.2, -0.15) is 11.8 Å². The molecular weight excluding hydrogens is 236 g/mol. The number of aromatic nitrogens is 1. The highest BCUT2D eigenvalue weighted by atomic mass is 32.2. The quantitative estimate of drug-likeness (QED) is 0.868. The summed E-state index contributed by atoms with van der Waals surface area (Å²) in [6, 6.07) is 1.50. The van der Waals surface area contributed by atoms with Gasteiger partial charge in [0.25, 0.3) is 5.91 Å². The van der Waals surface area contributed by atoms with Gasteiger partial charge >= 0.3 is 0 Å². The van der Waals surface area contributed by atoms with E-state index < -0.39 is 0 Å². The molecule has 0 aliphatic carbocycles. The van der Waals surface area contributed by atoms with Gasteiger partial charge in [-0.05, 0) is 25.4 Å². The van der Waals surface area contributed by atoms with Crippen molar-refractivity contribution in [3.63, 3.8) is 0 Å². The lowest BCUT2D eigenvalue weighted by molar-refractivity contribution is 0.0739. The SMILES string of the molecule is CSCCC(C)N(C)C(=O)c1c[nH]ccc1=O. The van der Waals surface area contributed by atoms with Crippen molar-refractivity contribution >= 4 is 17.7 Å². The number of carbonyl (C=O) groups is 1. The zero-order valence-corrected chi connectivity index (χ0v) is 11.2. The molecule has 1 N–H and O–H groups in total. The van der Waals surface area contributed by atoms with Crippen molar-refractivity contribution in [2.24, 2.45) is 0 Å². The number of nitrogens with one attached hydrogen (secondary N) is 1. The molecule has 1 rings (SSSR count). The summed E-state index contributed by atoms with van der Waals surface area (Å²) < 4.78 is 0. The molecule has 0 bridgehead atoms.